The highest BCUT2D eigenvalue weighted by atomic mass is 19.1. The number of hydrogen-bond donors (Lipinski definition) is 2. The van der Waals surface area contributed by atoms with Gasteiger partial charge in [-0.3, -0.25) is 40.5 Å². The second kappa shape index (κ2) is 12.7. The Hall–Kier alpha value is -5.26. The van der Waals surface area contributed by atoms with Crippen LogP contribution in [0.3, 0.4) is 0 Å². The first-order valence-corrected chi connectivity index (χ1v) is 8.54. The standard InChI is InChI=1S/C12H4F2N4O9.C6H6O2/c13-5-1-11(9(17(23)24)3-7(5)15(19)20)27-12-2-6(14)8(16(21)22)4-10(12)18(25)26;7-5-3-1-2-4-6-8/h1-4H;7-8H,5-6H2. The van der Waals surface area contributed by atoms with Gasteiger partial charge in [-0.2, -0.15) is 8.78 Å². The van der Waals surface area contributed by atoms with Gasteiger partial charge in [0, 0.05) is 12.1 Å². The molecule has 0 aromatic heterocycles. The number of hydrogen-bond acceptors (Lipinski definition) is 11. The van der Waals surface area contributed by atoms with E-state index in [9.17, 15) is 49.2 Å². The third-order valence-electron chi connectivity index (χ3n) is 3.46. The molecule has 2 rings (SSSR count). The predicted molar refractivity (Wildman–Crippen MR) is 109 cm³/mol. The monoisotopic (exact) mass is 496 g/mol. The van der Waals surface area contributed by atoms with Crippen molar-refractivity contribution < 1.29 is 43.4 Å². The van der Waals surface area contributed by atoms with Crippen LogP contribution in [0.2, 0.25) is 0 Å². The lowest BCUT2D eigenvalue weighted by Gasteiger charge is -2.07. The van der Waals surface area contributed by atoms with E-state index in [2.05, 4.69) is 23.7 Å². The van der Waals surface area contributed by atoms with Gasteiger partial charge < -0.3 is 14.9 Å². The average Bonchev–Trinajstić information content (AvgIpc) is 2.76. The summed E-state index contributed by atoms with van der Waals surface area (Å²) in [5.74, 6) is 4.08. The summed E-state index contributed by atoms with van der Waals surface area (Å²) in [6.45, 7) is -0.361. The van der Waals surface area contributed by atoms with Crippen molar-refractivity contribution in [2.45, 2.75) is 0 Å². The van der Waals surface area contributed by atoms with Crippen molar-refractivity contribution in [2.24, 2.45) is 0 Å². The molecular formula is C18H10F2N4O11. The van der Waals surface area contributed by atoms with Crippen LogP contribution in [0.15, 0.2) is 24.3 Å². The molecule has 0 radical (unpaired) electrons. The van der Waals surface area contributed by atoms with Gasteiger partial charge >= 0.3 is 22.7 Å². The predicted octanol–water partition coefficient (Wildman–Crippen LogP) is 2.37. The van der Waals surface area contributed by atoms with Gasteiger partial charge in [0.05, 0.1) is 19.7 Å². The number of halogens is 2. The molecule has 17 heteroatoms. The Labute approximate surface area is 191 Å². The molecule has 2 aromatic rings. The Balaban J connectivity index is 0.000000658. The van der Waals surface area contributed by atoms with Gasteiger partial charge in [-0.05, 0) is 11.8 Å². The van der Waals surface area contributed by atoms with Crippen molar-refractivity contribution in [1.82, 2.24) is 0 Å². The lowest BCUT2D eigenvalue weighted by atomic mass is 10.2. The quantitative estimate of drug-likeness (QED) is 0.335. The number of aliphatic hydroxyl groups excluding tert-OH is 2. The minimum Gasteiger partial charge on any atom is -0.443 e. The summed E-state index contributed by atoms with van der Waals surface area (Å²) in [4.78, 5) is 38.4. The van der Waals surface area contributed by atoms with Crippen molar-refractivity contribution in [3.8, 4) is 35.2 Å². The average molecular weight is 496 g/mol. The van der Waals surface area contributed by atoms with Gasteiger partial charge in [-0.15, -0.1) is 0 Å². The van der Waals surface area contributed by atoms with E-state index in [1.165, 1.54) is 0 Å². The summed E-state index contributed by atoms with van der Waals surface area (Å²) in [6.07, 6.45) is 0. The Morgan fingerprint density at radius 3 is 1.23 bits per heavy atom. The van der Waals surface area contributed by atoms with E-state index in [4.69, 9.17) is 14.9 Å². The lowest BCUT2D eigenvalue weighted by molar-refractivity contribution is -0.397. The summed E-state index contributed by atoms with van der Waals surface area (Å²) in [5.41, 5.74) is -4.82. The molecule has 0 saturated carbocycles. The summed E-state index contributed by atoms with van der Waals surface area (Å²) in [5, 5.41) is 59.5. The Bertz CT molecular complexity index is 1210. The molecule has 15 nitrogen and oxygen atoms in total. The maximum atomic E-state index is 13.7. The number of nitro groups is 4. The van der Waals surface area contributed by atoms with Gasteiger partial charge in [0.25, 0.3) is 0 Å². The highest BCUT2D eigenvalue weighted by Gasteiger charge is 2.30. The normalized spacial score (nSPS) is 9.26. The van der Waals surface area contributed by atoms with Crippen LogP contribution in [-0.4, -0.2) is 43.1 Å². The second-order valence-corrected chi connectivity index (χ2v) is 5.59. The number of ether oxygens (including phenoxy) is 1. The number of nitrogens with zero attached hydrogens (tertiary/aromatic N) is 4. The Morgan fingerprint density at radius 2 is 0.971 bits per heavy atom. The molecule has 0 saturated heterocycles. The van der Waals surface area contributed by atoms with E-state index in [0.29, 0.717) is 0 Å². The molecule has 0 aliphatic rings. The fourth-order valence-electron chi connectivity index (χ4n) is 2.08. The molecule has 0 fully saturated rings. The van der Waals surface area contributed by atoms with Gasteiger partial charge in [-0.1, -0.05) is 11.8 Å². The van der Waals surface area contributed by atoms with Crippen LogP contribution in [-0.2, 0) is 0 Å². The first-order valence-electron chi connectivity index (χ1n) is 8.54. The van der Waals surface area contributed by atoms with Gasteiger partial charge in [0.15, 0.2) is 0 Å². The summed E-state index contributed by atoms with van der Waals surface area (Å²) < 4.78 is 32.2. The van der Waals surface area contributed by atoms with Crippen LogP contribution >= 0.6 is 0 Å². The molecule has 0 bridgehead atoms. The molecule has 0 atom stereocenters. The van der Waals surface area contributed by atoms with Crippen molar-refractivity contribution in [1.29, 1.82) is 0 Å². The summed E-state index contributed by atoms with van der Waals surface area (Å²) >= 11 is 0. The smallest absolute Gasteiger partial charge is 0.318 e. The molecule has 0 amide bonds. The van der Waals surface area contributed by atoms with Crippen molar-refractivity contribution >= 4 is 22.7 Å². The van der Waals surface area contributed by atoms with Crippen LogP contribution in [0.5, 0.6) is 11.5 Å². The zero-order valence-corrected chi connectivity index (χ0v) is 16.8. The van der Waals surface area contributed by atoms with Crippen molar-refractivity contribution in [3.63, 3.8) is 0 Å². The van der Waals surface area contributed by atoms with E-state index < -0.39 is 65.6 Å². The van der Waals surface area contributed by atoms with Crippen LogP contribution in [0.4, 0.5) is 31.5 Å². The van der Waals surface area contributed by atoms with Gasteiger partial charge in [-0.25, -0.2) is 0 Å². The molecular weight excluding hydrogens is 486 g/mol. The van der Waals surface area contributed by atoms with Crippen molar-refractivity contribution in [2.75, 3.05) is 13.2 Å². The van der Waals surface area contributed by atoms with E-state index >= 15 is 0 Å². The Kier molecular flexibility index (Phi) is 10.1. The van der Waals surface area contributed by atoms with Gasteiger partial charge in [0.2, 0.25) is 23.1 Å². The topological polar surface area (TPSA) is 222 Å². The van der Waals surface area contributed by atoms with Crippen LogP contribution in [0.25, 0.3) is 0 Å². The molecule has 0 heterocycles. The molecule has 0 aliphatic carbocycles. The Morgan fingerprint density at radius 1 is 0.657 bits per heavy atom. The lowest BCUT2D eigenvalue weighted by Crippen LogP contribution is -2.02. The van der Waals surface area contributed by atoms with E-state index in [1.54, 1.807) is 0 Å². The van der Waals surface area contributed by atoms with E-state index in [0.717, 1.165) is 0 Å². The number of aliphatic hydroxyl groups is 2. The van der Waals surface area contributed by atoms with Gasteiger partial charge in [0.1, 0.15) is 25.3 Å². The SMILES string of the molecule is O=[N+]([O-])c1cc([N+](=O)[O-])c(Oc2cc(F)c([N+](=O)[O-])cc2[N+](=O)[O-])cc1F.OCC#CC#CCO. The fraction of sp³-hybridized carbons (Fsp3) is 0.111. The molecule has 182 valence electrons. The highest BCUT2D eigenvalue weighted by Crippen LogP contribution is 2.41. The third kappa shape index (κ3) is 7.68. The maximum absolute atomic E-state index is 13.7. The zero-order valence-electron chi connectivity index (χ0n) is 16.8. The molecule has 35 heavy (non-hydrogen) atoms. The maximum Gasteiger partial charge on any atom is 0.318 e. The molecule has 0 aliphatic heterocycles. The minimum atomic E-state index is -1.56. The fourth-order valence-corrected chi connectivity index (χ4v) is 2.08. The molecule has 2 N–H and O–H groups in total. The molecule has 2 aromatic carbocycles. The van der Waals surface area contributed by atoms with Crippen molar-refractivity contribution in [3.05, 3.63) is 76.4 Å². The summed E-state index contributed by atoms with van der Waals surface area (Å²) in [7, 11) is 0. The van der Waals surface area contributed by atoms with Crippen LogP contribution < -0.4 is 4.74 Å². The third-order valence-corrected chi connectivity index (χ3v) is 3.46. The molecule has 0 spiro atoms. The van der Waals surface area contributed by atoms with Crippen LogP contribution in [0.1, 0.15) is 0 Å². The van der Waals surface area contributed by atoms with E-state index in [1.807, 2.05) is 0 Å². The zero-order chi connectivity index (χ0) is 26.7. The largest absolute Gasteiger partial charge is 0.443 e. The highest BCUT2D eigenvalue weighted by molar-refractivity contribution is 5.60. The first-order chi connectivity index (χ1) is 16.4. The summed E-state index contributed by atoms with van der Waals surface area (Å²) in [6, 6.07) is 0.828. The first kappa shape index (κ1) is 27.8. The number of rotatable bonds is 6. The second-order valence-electron chi connectivity index (χ2n) is 5.59. The molecule has 0 unspecified atom stereocenters. The van der Waals surface area contributed by atoms with E-state index in [-0.39, 0.29) is 37.5 Å². The van der Waals surface area contributed by atoms with Crippen LogP contribution in [0, 0.1) is 75.8 Å². The minimum absolute atomic E-state index is 0.180. The number of benzene rings is 2. The number of nitro benzene ring substituents is 4.